The topological polar surface area (TPSA) is 86.5 Å². The van der Waals surface area contributed by atoms with Crippen LogP contribution in [0.3, 0.4) is 0 Å². The van der Waals surface area contributed by atoms with E-state index in [2.05, 4.69) is 15.9 Å². The van der Waals surface area contributed by atoms with Crippen LogP contribution < -0.4 is 5.73 Å². The minimum Gasteiger partial charge on any atom is -0.465 e. The van der Waals surface area contributed by atoms with Gasteiger partial charge in [0.1, 0.15) is 5.41 Å². The Morgan fingerprint density at radius 1 is 1.19 bits per heavy atom. The molecular formula is C19H19BrClNO4S. The molecule has 0 unspecified atom stereocenters. The van der Waals surface area contributed by atoms with Crippen LogP contribution in [-0.2, 0) is 19.4 Å². The van der Waals surface area contributed by atoms with Crippen molar-refractivity contribution in [3.63, 3.8) is 0 Å². The number of halogens is 2. The number of ether oxygens (including phenoxy) is 1. The fraction of sp³-hybridized carbons (Fsp3) is 0.316. The van der Waals surface area contributed by atoms with Crippen molar-refractivity contribution in [1.29, 1.82) is 0 Å². The molecule has 0 aliphatic heterocycles. The predicted octanol–water partition coefficient (Wildman–Crippen LogP) is 3.55. The van der Waals surface area contributed by atoms with Crippen LogP contribution in [0.4, 0.5) is 0 Å². The summed E-state index contributed by atoms with van der Waals surface area (Å²) in [5, 5.41) is -0.555. The standard InChI is InChI=1S/C19H19BrClNO4S/c1-2-26-18(23)19(11-22)16(12-3-5-13(20)6-4-12)17(19)27(24,25)15-9-7-14(21)8-10-15/h3-10,16-17H,2,11,22H2,1H3/t16-,17+,19+/m1/s1. The zero-order valence-corrected chi connectivity index (χ0v) is 17.7. The molecule has 144 valence electrons. The van der Waals surface area contributed by atoms with Gasteiger partial charge < -0.3 is 10.5 Å². The summed E-state index contributed by atoms with van der Waals surface area (Å²) in [7, 11) is -3.82. The lowest BCUT2D eigenvalue weighted by Crippen LogP contribution is -2.33. The second kappa shape index (κ2) is 7.54. The molecule has 3 rings (SSSR count). The first-order valence-corrected chi connectivity index (χ1v) is 11.1. The van der Waals surface area contributed by atoms with Crippen LogP contribution in [0, 0.1) is 5.41 Å². The third-order valence-corrected chi connectivity index (χ3v) is 8.03. The van der Waals surface area contributed by atoms with Crippen LogP contribution >= 0.6 is 27.5 Å². The molecule has 0 aromatic heterocycles. The van der Waals surface area contributed by atoms with E-state index >= 15 is 0 Å². The second-order valence-corrected chi connectivity index (χ2v) is 9.84. The summed E-state index contributed by atoms with van der Waals surface area (Å²) in [5.74, 6) is -1.15. The van der Waals surface area contributed by atoms with Gasteiger partial charge in [0.15, 0.2) is 9.84 Å². The van der Waals surface area contributed by atoms with Crippen molar-refractivity contribution in [2.24, 2.45) is 11.1 Å². The fourth-order valence-corrected chi connectivity index (χ4v) is 6.38. The number of carbonyl (C=O) groups is 1. The van der Waals surface area contributed by atoms with Gasteiger partial charge in [-0.1, -0.05) is 39.7 Å². The zero-order chi connectivity index (χ0) is 19.8. The highest BCUT2D eigenvalue weighted by Gasteiger charge is 2.75. The molecule has 2 aromatic carbocycles. The first kappa shape index (κ1) is 20.3. The summed E-state index contributed by atoms with van der Waals surface area (Å²) >= 11 is 9.24. The van der Waals surface area contributed by atoms with E-state index in [4.69, 9.17) is 22.1 Å². The number of hydrogen-bond acceptors (Lipinski definition) is 5. The van der Waals surface area contributed by atoms with E-state index in [1.165, 1.54) is 24.3 Å². The summed E-state index contributed by atoms with van der Waals surface area (Å²) in [6, 6.07) is 13.1. The molecule has 0 spiro atoms. The molecule has 27 heavy (non-hydrogen) atoms. The van der Waals surface area contributed by atoms with Crippen molar-refractivity contribution in [2.45, 2.75) is 23.0 Å². The number of rotatable bonds is 6. The Hall–Kier alpha value is -1.41. The van der Waals surface area contributed by atoms with E-state index in [1.54, 1.807) is 19.1 Å². The van der Waals surface area contributed by atoms with Crippen molar-refractivity contribution in [2.75, 3.05) is 13.2 Å². The number of carbonyl (C=O) groups excluding carboxylic acids is 1. The van der Waals surface area contributed by atoms with Gasteiger partial charge in [-0.3, -0.25) is 4.79 Å². The Bertz CT molecular complexity index is 947. The highest BCUT2D eigenvalue weighted by molar-refractivity contribution is 9.10. The number of hydrogen-bond donors (Lipinski definition) is 1. The van der Waals surface area contributed by atoms with E-state index in [0.29, 0.717) is 5.02 Å². The quantitative estimate of drug-likeness (QED) is 0.650. The molecule has 0 amide bonds. The molecule has 2 aromatic rings. The monoisotopic (exact) mass is 471 g/mol. The molecule has 0 bridgehead atoms. The highest BCUT2D eigenvalue weighted by Crippen LogP contribution is 2.64. The van der Waals surface area contributed by atoms with Gasteiger partial charge in [0, 0.05) is 22.0 Å². The average Bonchev–Trinajstić information content (AvgIpc) is 3.34. The Balaban J connectivity index is 2.10. The molecular weight excluding hydrogens is 454 g/mol. The van der Waals surface area contributed by atoms with E-state index in [-0.39, 0.29) is 18.0 Å². The van der Waals surface area contributed by atoms with Gasteiger partial charge in [0.05, 0.1) is 16.8 Å². The summed E-state index contributed by atoms with van der Waals surface area (Å²) in [6.45, 7) is 1.72. The van der Waals surface area contributed by atoms with E-state index < -0.39 is 32.4 Å². The van der Waals surface area contributed by atoms with Crippen LogP contribution in [0.1, 0.15) is 18.4 Å². The maximum atomic E-state index is 13.3. The molecule has 1 aliphatic carbocycles. The molecule has 1 aliphatic rings. The zero-order valence-electron chi connectivity index (χ0n) is 14.6. The average molecular weight is 473 g/mol. The van der Waals surface area contributed by atoms with Crippen molar-refractivity contribution in [3.8, 4) is 0 Å². The summed E-state index contributed by atoms with van der Waals surface area (Å²) in [4.78, 5) is 12.9. The summed E-state index contributed by atoms with van der Waals surface area (Å²) in [5.41, 5.74) is 5.38. The van der Waals surface area contributed by atoms with Crippen LogP contribution in [-0.4, -0.2) is 32.8 Å². The number of sulfone groups is 1. The smallest absolute Gasteiger partial charge is 0.315 e. The number of benzene rings is 2. The third kappa shape index (κ3) is 3.42. The van der Waals surface area contributed by atoms with E-state index in [0.717, 1.165) is 10.0 Å². The third-order valence-electron chi connectivity index (χ3n) is 4.96. The van der Waals surface area contributed by atoms with E-state index in [9.17, 15) is 13.2 Å². The van der Waals surface area contributed by atoms with Crippen LogP contribution in [0.25, 0.3) is 0 Å². The Morgan fingerprint density at radius 2 is 1.78 bits per heavy atom. The van der Waals surface area contributed by atoms with Crippen LogP contribution in [0.2, 0.25) is 5.02 Å². The minimum absolute atomic E-state index is 0.110. The number of nitrogens with two attached hydrogens (primary N) is 1. The molecule has 0 radical (unpaired) electrons. The second-order valence-electron chi connectivity index (χ2n) is 6.41. The minimum atomic E-state index is -3.82. The lowest BCUT2D eigenvalue weighted by molar-refractivity contribution is -0.149. The van der Waals surface area contributed by atoms with Crippen LogP contribution in [0.15, 0.2) is 57.9 Å². The molecule has 1 saturated carbocycles. The first-order chi connectivity index (χ1) is 12.8. The maximum absolute atomic E-state index is 13.3. The summed E-state index contributed by atoms with van der Waals surface area (Å²) in [6.07, 6.45) is 0. The SMILES string of the molecule is CCOC(=O)[C@@]1(CN)[C@H](c2ccc(Br)cc2)[C@@H]1S(=O)(=O)c1ccc(Cl)cc1. The Kier molecular flexibility index (Phi) is 5.68. The molecule has 3 atom stereocenters. The normalized spacial score (nSPS) is 24.4. The van der Waals surface area contributed by atoms with Gasteiger partial charge in [-0.25, -0.2) is 8.42 Å². The maximum Gasteiger partial charge on any atom is 0.315 e. The van der Waals surface area contributed by atoms with Gasteiger partial charge in [0.2, 0.25) is 0 Å². The van der Waals surface area contributed by atoms with Crippen molar-refractivity contribution in [3.05, 3.63) is 63.6 Å². The summed E-state index contributed by atoms with van der Waals surface area (Å²) < 4.78 is 32.7. The number of esters is 1. The highest BCUT2D eigenvalue weighted by atomic mass is 79.9. The molecule has 8 heteroatoms. The van der Waals surface area contributed by atoms with Gasteiger partial charge >= 0.3 is 5.97 Å². The lowest BCUT2D eigenvalue weighted by atomic mass is 9.99. The van der Waals surface area contributed by atoms with Gasteiger partial charge in [-0.2, -0.15) is 0 Å². The largest absolute Gasteiger partial charge is 0.465 e. The lowest BCUT2D eigenvalue weighted by Gasteiger charge is -2.14. The van der Waals surface area contributed by atoms with Gasteiger partial charge in [-0.05, 0) is 48.9 Å². The molecule has 5 nitrogen and oxygen atoms in total. The fourth-order valence-electron chi connectivity index (χ4n) is 3.61. The molecule has 0 saturated heterocycles. The molecule has 0 heterocycles. The predicted molar refractivity (Wildman–Crippen MR) is 107 cm³/mol. The van der Waals surface area contributed by atoms with Crippen molar-refractivity contribution < 1.29 is 17.9 Å². The van der Waals surface area contributed by atoms with Crippen molar-refractivity contribution in [1.82, 2.24) is 0 Å². The molecule has 2 N–H and O–H groups in total. The van der Waals surface area contributed by atoms with Crippen molar-refractivity contribution >= 4 is 43.3 Å². The Morgan fingerprint density at radius 3 is 2.30 bits per heavy atom. The first-order valence-electron chi connectivity index (χ1n) is 8.41. The van der Waals surface area contributed by atoms with Gasteiger partial charge in [0.25, 0.3) is 0 Å². The van der Waals surface area contributed by atoms with E-state index in [1.807, 2.05) is 12.1 Å². The Labute approximate surface area is 171 Å². The van der Waals surface area contributed by atoms with Crippen LogP contribution in [0.5, 0.6) is 0 Å². The molecule has 1 fully saturated rings. The van der Waals surface area contributed by atoms with Gasteiger partial charge in [-0.15, -0.1) is 0 Å².